The van der Waals surface area contributed by atoms with Crippen LogP contribution in [0.4, 0.5) is 8.78 Å². The standard InChI is InChI=1S/C20H23F2NO3/c1-23-12-14-5-3-4-6-17(14)20(24,13-23)18-9-15(7-8-19(18)25-2)26-16(10-21)11-22/h3-9,16,24H,10-13H2,1-2H3. The summed E-state index contributed by atoms with van der Waals surface area (Å²) in [6.07, 6.45) is -1.16. The Balaban J connectivity index is 2.09. The van der Waals surface area contributed by atoms with E-state index in [0.717, 1.165) is 17.7 Å². The van der Waals surface area contributed by atoms with E-state index >= 15 is 0 Å². The van der Waals surface area contributed by atoms with Gasteiger partial charge in [0.1, 0.15) is 30.4 Å². The zero-order valence-corrected chi connectivity index (χ0v) is 14.9. The number of nitrogens with zero attached hydrogens (tertiary/aromatic N) is 1. The normalized spacial score (nSPS) is 20.1. The highest BCUT2D eigenvalue weighted by Crippen LogP contribution is 2.42. The van der Waals surface area contributed by atoms with Gasteiger partial charge >= 0.3 is 0 Å². The zero-order valence-electron chi connectivity index (χ0n) is 14.9. The fourth-order valence-electron chi connectivity index (χ4n) is 3.49. The number of alkyl halides is 2. The van der Waals surface area contributed by atoms with Crippen LogP contribution in [-0.4, -0.2) is 50.2 Å². The number of likely N-dealkylation sites (N-methyl/N-ethyl adjacent to an activating group) is 1. The van der Waals surface area contributed by atoms with Crippen LogP contribution in [0.15, 0.2) is 42.5 Å². The van der Waals surface area contributed by atoms with Gasteiger partial charge in [-0.05, 0) is 36.4 Å². The van der Waals surface area contributed by atoms with Gasteiger partial charge in [0.25, 0.3) is 0 Å². The molecule has 26 heavy (non-hydrogen) atoms. The number of halogens is 2. The number of rotatable bonds is 6. The molecule has 1 N–H and O–H groups in total. The van der Waals surface area contributed by atoms with Gasteiger partial charge in [-0.3, -0.25) is 4.90 Å². The average Bonchev–Trinajstić information content (AvgIpc) is 2.65. The fraction of sp³-hybridized carbons (Fsp3) is 0.400. The number of ether oxygens (including phenoxy) is 2. The van der Waals surface area contributed by atoms with Crippen molar-refractivity contribution in [1.29, 1.82) is 0 Å². The van der Waals surface area contributed by atoms with Crippen LogP contribution in [0.5, 0.6) is 11.5 Å². The summed E-state index contributed by atoms with van der Waals surface area (Å²) >= 11 is 0. The number of methoxy groups -OCH3 is 1. The Hall–Kier alpha value is -2.18. The van der Waals surface area contributed by atoms with E-state index in [1.54, 1.807) is 18.2 Å². The minimum Gasteiger partial charge on any atom is -0.496 e. The molecule has 1 heterocycles. The van der Waals surface area contributed by atoms with Crippen molar-refractivity contribution in [3.63, 3.8) is 0 Å². The Labute approximate surface area is 152 Å². The van der Waals surface area contributed by atoms with Crippen LogP contribution in [0.25, 0.3) is 0 Å². The number of β-amino-alcohol motifs (C(OH)–C–C–N with tert-alkyl or cyclic N) is 1. The molecule has 0 fully saturated rings. The first-order valence-electron chi connectivity index (χ1n) is 8.48. The average molecular weight is 363 g/mol. The highest BCUT2D eigenvalue weighted by atomic mass is 19.1. The molecule has 0 aromatic heterocycles. The van der Waals surface area contributed by atoms with Gasteiger partial charge in [-0.2, -0.15) is 0 Å². The molecule has 1 atom stereocenters. The largest absolute Gasteiger partial charge is 0.496 e. The number of aliphatic hydroxyl groups is 1. The molecule has 1 aliphatic heterocycles. The molecule has 140 valence electrons. The molecule has 0 aliphatic carbocycles. The highest BCUT2D eigenvalue weighted by molar-refractivity contribution is 5.51. The van der Waals surface area contributed by atoms with Gasteiger partial charge in [-0.15, -0.1) is 0 Å². The van der Waals surface area contributed by atoms with Gasteiger partial charge in [0.2, 0.25) is 0 Å². The summed E-state index contributed by atoms with van der Waals surface area (Å²) in [4.78, 5) is 2.02. The third-order valence-electron chi connectivity index (χ3n) is 4.67. The Bertz CT molecular complexity index is 766. The summed E-state index contributed by atoms with van der Waals surface area (Å²) in [5, 5.41) is 11.6. The fourth-order valence-corrected chi connectivity index (χ4v) is 3.49. The lowest BCUT2D eigenvalue weighted by Gasteiger charge is -2.40. The summed E-state index contributed by atoms with van der Waals surface area (Å²) in [6, 6.07) is 12.5. The quantitative estimate of drug-likeness (QED) is 0.857. The second kappa shape index (κ2) is 7.60. The zero-order chi connectivity index (χ0) is 18.7. The SMILES string of the molecule is COc1ccc(OC(CF)CF)cc1C1(O)CN(C)Cc2ccccc21. The maximum absolute atomic E-state index is 12.8. The molecule has 0 saturated carbocycles. The van der Waals surface area contributed by atoms with E-state index in [-0.39, 0.29) is 0 Å². The van der Waals surface area contributed by atoms with Crippen molar-refractivity contribution < 1.29 is 23.4 Å². The minimum absolute atomic E-state index is 0.292. The topological polar surface area (TPSA) is 41.9 Å². The lowest BCUT2D eigenvalue weighted by Crippen LogP contribution is -2.45. The Morgan fingerprint density at radius 3 is 2.58 bits per heavy atom. The second-order valence-corrected chi connectivity index (χ2v) is 6.60. The molecular formula is C20H23F2NO3. The smallest absolute Gasteiger partial charge is 0.155 e. The third kappa shape index (κ3) is 3.39. The third-order valence-corrected chi connectivity index (χ3v) is 4.67. The van der Waals surface area contributed by atoms with Crippen molar-refractivity contribution >= 4 is 0 Å². The second-order valence-electron chi connectivity index (χ2n) is 6.60. The predicted octanol–water partition coefficient (Wildman–Crippen LogP) is 3.06. The molecule has 0 spiro atoms. The Kier molecular flexibility index (Phi) is 5.44. The molecule has 1 unspecified atom stereocenters. The summed E-state index contributed by atoms with van der Waals surface area (Å²) < 4.78 is 36.5. The maximum Gasteiger partial charge on any atom is 0.155 e. The number of fused-ring (bicyclic) bond motifs is 1. The Morgan fingerprint density at radius 2 is 1.88 bits per heavy atom. The van der Waals surface area contributed by atoms with Gasteiger partial charge in [0, 0.05) is 18.7 Å². The van der Waals surface area contributed by atoms with Crippen molar-refractivity contribution in [3.8, 4) is 11.5 Å². The molecule has 0 bridgehead atoms. The molecule has 4 nitrogen and oxygen atoms in total. The lowest BCUT2D eigenvalue weighted by molar-refractivity contribution is 0.0259. The van der Waals surface area contributed by atoms with E-state index in [1.165, 1.54) is 7.11 Å². The van der Waals surface area contributed by atoms with Crippen LogP contribution in [-0.2, 0) is 12.1 Å². The maximum atomic E-state index is 12.8. The van der Waals surface area contributed by atoms with Crippen molar-refractivity contribution in [2.24, 2.45) is 0 Å². The number of benzene rings is 2. The molecule has 3 rings (SSSR count). The van der Waals surface area contributed by atoms with E-state index in [4.69, 9.17) is 9.47 Å². The first-order chi connectivity index (χ1) is 12.5. The Morgan fingerprint density at radius 1 is 1.15 bits per heavy atom. The van der Waals surface area contributed by atoms with E-state index in [2.05, 4.69) is 0 Å². The summed E-state index contributed by atoms with van der Waals surface area (Å²) in [5.41, 5.74) is 0.992. The number of hydrogen-bond donors (Lipinski definition) is 1. The van der Waals surface area contributed by atoms with Crippen LogP contribution < -0.4 is 9.47 Å². The van der Waals surface area contributed by atoms with Crippen LogP contribution in [0.2, 0.25) is 0 Å². The van der Waals surface area contributed by atoms with Crippen molar-refractivity contribution in [1.82, 2.24) is 4.90 Å². The summed E-state index contributed by atoms with van der Waals surface area (Å²) in [6.45, 7) is -0.760. The monoisotopic (exact) mass is 363 g/mol. The molecular weight excluding hydrogens is 340 g/mol. The van der Waals surface area contributed by atoms with Crippen molar-refractivity contribution in [3.05, 3.63) is 59.2 Å². The van der Waals surface area contributed by atoms with E-state index < -0.39 is 25.1 Å². The van der Waals surface area contributed by atoms with Gasteiger partial charge in [0.15, 0.2) is 6.10 Å². The van der Waals surface area contributed by atoms with E-state index in [1.807, 2.05) is 36.2 Å². The van der Waals surface area contributed by atoms with Gasteiger partial charge in [-0.25, -0.2) is 8.78 Å². The summed E-state index contributed by atoms with van der Waals surface area (Å²) in [7, 11) is 3.45. The molecule has 2 aromatic rings. The molecule has 0 saturated heterocycles. The van der Waals surface area contributed by atoms with Crippen LogP contribution in [0, 0.1) is 0 Å². The van der Waals surface area contributed by atoms with Gasteiger partial charge < -0.3 is 14.6 Å². The molecule has 0 amide bonds. The molecule has 2 aromatic carbocycles. The minimum atomic E-state index is -1.32. The number of hydrogen-bond acceptors (Lipinski definition) is 4. The summed E-state index contributed by atoms with van der Waals surface area (Å²) in [5.74, 6) is 0.780. The van der Waals surface area contributed by atoms with Crippen molar-refractivity contribution in [2.45, 2.75) is 18.2 Å². The lowest BCUT2D eigenvalue weighted by atomic mass is 9.80. The van der Waals surface area contributed by atoms with Gasteiger partial charge in [-0.1, -0.05) is 24.3 Å². The molecule has 6 heteroatoms. The molecule has 1 aliphatic rings. The molecule has 0 radical (unpaired) electrons. The van der Waals surface area contributed by atoms with Gasteiger partial charge in [0.05, 0.1) is 7.11 Å². The first-order valence-corrected chi connectivity index (χ1v) is 8.48. The van der Waals surface area contributed by atoms with E-state index in [9.17, 15) is 13.9 Å². The first kappa shape index (κ1) is 18.6. The highest BCUT2D eigenvalue weighted by Gasteiger charge is 2.40. The van der Waals surface area contributed by atoms with Crippen molar-refractivity contribution in [2.75, 3.05) is 34.1 Å². The van der Waals surface area contributed by atoms with Crippen LogP contribution >= 0.6 is 0 Å². The van der Waals surface area contributed by atoms with Crippen LogP contribution in [0.3, 0.4) is 0 Å². The van der Waals surface area contributed by atoms with E-state index in [0.29, 0.717) is 23.6 Å². The predicted molar refractivity (Wildman–Crippen MR) is 95.1 cm³/mol. The van der Waals surface area contributed by atoms with Crippen LogP contribution in [0.1, 0.15) is 16.7 Å².